The summed E-state index contributed by atoms with van der Waals surface area (Å²) in [6, 6.07) is 10.2. The number of esters is 1. The molecule has 27 heavy (non-hydrogen) atoms. The lowest BCUT2D eigenvalue weighted by molar-refractivity contribution is -0.160. The van der Waals surface area contributed by atoms with E-state index in [1.54, 1.807) is 50.2 Å². The molecule has 0 amide bonds. The van der Waals surface area contributed by atoms with Gasteiger partial charge in [-0.2, -0.15) is 0 Å². The first kappa shape index (κ1) is 20.7. The highest BCUT2D eigenvalue weighted by Crippen LogP contribution is 2.38. The highest BCUT2D eigenvalue weighted by atomic mass is 35.5. The van der Waals surface area contributed by atoms with Crippen LogP contribution in [0.25, 0.3) is 0 Å². The third-order valence-electron chi connectivity index (χ3n) is 3.77. The summed E-state index contributed by atoms with van der Waals surface area (Å²) >= 11 is 5.86. The van der Waals surface area contributed by atoms with Crippen LogP contribution in [-0.4, -0.2) is 32.9 Å². The van der Waals surface area contributed by atoms with Crippen LogP contribution in [0.5, 0.6) is 23.0 Å². The number of methoxy groups -OCH3 is 3. The summed E-state index contributed by atoms with van der Waals surface area (Å²) in [7, 11) is 4.57. The highest BCUT2D eigenvalue weighted by molar-refractivity contribution is 6.30. The predicted octanol–water partition coefficient (Wildman–Crippen LogP) is 4.27. The van der Waals surface area contributed by atoms with Gasteiger partial charge in [-0.15, -0.1) is 0 Å². The molecule has 0 bridgehead atoms. The standard InChI is InChI=1S/C20H23ClO6/c1-20(2,27-15-8-6-14(21)7-9-15)19(22)26-12-13-10-16(23-3)18(25-5)17(11-13)24-4/h6-11H,12H2,1-5H3. The first-order valence-corrected chi connectivity index (χ1v) is 8.59. The van der Waals surface area contributed by atoms with Gasteiger partial charge in [0.15, 0.2) is 17.1 Å². The fourth-order valence-corrected chi connectivity index (χ4v) is 2.51. The molecule has 0 aliphatic heterocycles. The van der Waals surface area contributed by atoms with Crippen LogP contribution in [0, 0.1) is 0 Å². The Labute approximate surface area is 163 Å². The van der Waals surface area contributed by atoms with Crippen molar-refractivity contribution >= 4 is 17.6 Å². The Hall–Kier alpha value is -2.60. The van der Waals surface area contributed by atoms with E-state index in [0.29, 0.717) is 33.6 Å². The second-order valence-corrected chi connectivity index (χ2v) is 6.61. The molecule has 0 aliphatic carbocycles. The van der Waals surface area contributed by atoms with E-state index in [1.165, 1.54) is 21.3 Å². The van der Waals surface area contributed by atoms with Gasteiger partial charge in [-0.1, -0.05) is 11.6 Å². The number of ether oxygens (including phenoxy) is 5. The summed E-state index contributed by atoms with van der Waals surface area (Å²) in [5, 5.41) is 0.588. The summed E-state index contributed by atoms with van der Waals surface area (Å²) in [6.07, 6.45) is 0. The Morgan fingerprint density at radius 3 is 2.00 bits per heavy atom. The van der Waals surface area contributed by atoms with Gasteiger partial charge < -0.3 is 23.7 Å². The maximum Gasteiger partial charge on any atom is 0.350 e. The van der Waals surface area contributed by atoms with E-state index in [-0.39, 0.29) is 6.61 Å². The van der Waals surface area contributed by atoms with Gasteiger partial charge in [0.25, 0.3) is 0 Å². The van der Waals surface area contributed by atoms with Gasteiger partial charge in [-0.05, 0) is 55.8 Å². The van der Waals surface area contributed by atoms with Gasteiger partial charge in [0.2, 0.25) is 5.75 Å². The number of carbonyl (C=O) groups is 1. The number of hydrogen-bond donors (Lipinski definition) is 0. The van der Waals surface area contributed by atoms with Crippen molar-refractivity contribution in [1.82, 2.24) is 0 Å². The summed E-state index contributed by atoms with van der Waals surface area (Å²) in [6.45, 7) is 3.31. The fourth-order valence-electron chi connectivity index (χ4n) is 2.38. The maximum absolute atomic E-state index is 12.5. The molecule has 2 aromatic rings. The van der Waals surface area contributed by atoms with Crippen LogP contribution in [0.15, 0.2) is 36.4 Å². The third kappa shape index (κ3) is 5.20. The smallest absolute Gasteiger partial charge is 0.350 e. The molecule has 0 atom stereocenters. The summed E-state index contributed by atoms with van der Waals surface area (Å²) in [5.74, 6) is 1.46. The fraction of sp³-hybridized carbons (Fsp3) is 0.350. The monoisotopic (exact) mass is 394 g/mol. The van der Waals surface area contributed by atoms with E-state index in [9.17, 15) is 4.79 Å². The topological polar surface area (TPSA) is 63.2 Å². The number of carbonyl (C=O) groups excluding carboxylic acids is 1. The Morgan fingerprint density at radius 1 is 0.963 bits per heavy atom. The van der Waals surface area contributed by atoms with Crippen LogP contribution in [-0.2, 0) is 16.1 Å². The Bertz CT molecular complexity index is 761. The van der Waals surface area contributed by atoms with E-state index in [1.807, 2.05) is 0 Å². The van der Waals surface area contributed by atoms with Crippen LogP contribution >= 0.6 is 11.6 Å². The molecule has 0 radical (unpaired) electrons. The molecular formula is C20H23ClO6. The summed E-state index contributed by atoms with van der Waals surface area (Å²) < 4.78 is 27.0. The van der Waals surface area contributed by atoms with Crippen molar-refractivity contribution in [1.29, 1.82) is 0 Å². The van der Waals surface area contributed by atoms with Crippen LogP contribution < -0.4 is 18.9 Å². The van der Waals surface area contributed by atoms with Crippen LogP contribution in [0.1, 0.15) is 19.4 Å². The summed E-state index contributed by atoms with van der Waals surface area (Å²) in [4.78, 5) is 12.5. The van der Waals surface area contributed by atoms with Gasteiger partial charge in [-0.25, -0.2) is 4.79 Å². The zero-order valence-corrected chi connectivity index (χ0v) is 16.8. The molecule has 146 valence electrons. The van der Waals surface area contributed by atoms with E-state index >= 15 is 0 Å². The molecule has 0 N–H and O–H groups in total. The Balaban J connectivity index is 2.08. The minimum absolute atomic E-state index is 0.0307. The molecule has 0 saturated carbocycles. The first-order valence-electron chi connectivity index (χ1n) is 8.21. The van der Waals surface area contributed by atoms with Gasteiger partial charge in [0, 0.05) is 5.02 Å². The zero-order chi connectivity index (χ0) is 20.0. The van der Waals surface area contributed by atoms with E-state index in [2.05, 4.69) is 0 Å². The van der Waals surface area contributed by atoms with Crippen molar-refractivity contribution in [3.63, 3.8) is 0 Å². The molecule has 0 unspecified atom stereocenters. The van der Waals surface area contributed by atoms with Crippen LogP contribution in [0.3, 0.4) is 0 Å². The Morgan fingerprint density at radius 2 is 1.52 bits per heavy atom. The van der Waals surface area contributed by atoms with E-state index < -0.39 is 11.6 Å². The molecule has 0 aromatic heterocycles. The van der Waals surface area contributed by atoms with Gasteiger partial charge in [0.05, 0.1) is 21.3 Å². The predicted molar refractivity (Wildman–Crippen MR) is 102 cm³/mol. The second-order valence-electron chi connectivity index (χ2n) is 6.18. The van der Waals surface area contributed by atoms with Gasteiger partial charge in [-0.3, -0.25) is 0 Å². The van der Waals surface area contributed by atoms with Crippen molar-refractivity contribution in [3.05, 3.63) is 47.0 Å². The number of hydrogen-bond acceptors (Lipinski definition) is 6. The zero-order valence-electron chi connectivity index (χ0n) is 16.0. The van der Waals surface area contributed by atoms with Crippen molar-refractivity contribution in [3.8, 4) is 23.0 Å². The van der Waals surface area contributed by atoms with E-state index in [0.717, 1.165) is 0 Å². The molecule has 6 nitrogen and oxygen atoms in total. The highest BCUT2D eigenvalue weighted by Gasteiger charge is 2.32. The molecule has 0 saturated heterocycles. The molecule has 0 fully saturated rings. The summed E-state index contributed by atoms with van der Waals surface area (Å²) in [5.41, 5.74) is -0.478. The molecule has 0 heterocycles. The molecule has 2 aromatic carbocycles. The van der Waals surface area contributed by atoms with Crippen LogP contribution in [0.4, 0.5) is 0 Å². The normalized spacial score (nSPS) is 10.9. The van der Waals surface area contributed by atoms with Crippen molar-refractivity contribution in [2.75, 3.05) is 21.3 Å². The average molecular weight is 395 g/mol. The third-order valence-corrected chi connectivity index (χ3v) is 4.02. The quantitative estimate of drug-likeness (QED) is 0.623. The average Bonchev–Trinajstić information content (AvgIpc) is 2.66. The molecule has 7 heteroatoms. The van der Waals surface area contributed by atoms with Gasteiger partial charge >= 0.3 is 5.97 Å². The molecular weight excluding hydrogens is 372 g/mol. The van der Waals surface area contributed by atoms with Crippen molar-refractivity contribution in [2.45, 2.75) is 26.1 Å². The van der Waals surface area contributed by atoms with Crippen molar-refractivity contribution < 1.29 is 28.5 Å². The number of rotatable bonds is 8. The molecule has 2 rings (SSSR count). The lowest BCUT2D eigenvalue weighted by Crippen LogP contribution is -2.39. The number of benzene rings is 2. The largest absolute Gasteiger partial charge is 0.493 e. The van der Waals surface area contributed by atoms with Gasteiger partial charge in [0.1, 0.15) is 12.4 Å². The minimum Gasteiger partial charge on any atom is -0.493 e. The SMILES string of the molecule is COc1cc(COC(=O)C(C)(C)Oc2ccc(Cl)cc2)cc(OC)c1OC. The second kappa shape index (κ2) is 8.86. The minimum atomic E-state index is -1.17. The molecule has 0 aliphatic rings. The first-order chi connectivity index (χ1) is 12.8. The number of halogens is 1. The maximum atomic E-state index is 12.5. The van der Waals surface area contributed by atoms with Crippen LogP contribution in [0.2, 0.25) is 5.02 Å². The lowest BCUT2D eigenvalue weighted by Gasteiger charge is -2.24. The van der Waals surface area contributed by atoms with Crippen molar-refractivity contribution in [2.24, 2.45) is 0 Å². The molecule has 0 spiro atoms. The lowest BCUT2D eigenvalue weighted by atomic mass is 10.1. The Kier molecular flexibility index (Phi) is 6.80. The van der Waals surface area contributed by atoms with E-state index in [4.69, 9.17) is 35.3 Å².